The summed E-state index contributed by atoms with van der Waals surface area (Å²) in [6, 6.07) is 8.93. The maximum Gasteiger partial charge on any atom is 0.242 e. The summed E-state index contributed by atoms with van der Waals surface area (Å²) in [5.41, 5.74) is 1.53. The number of hydrogen-bond acceptors (Lipinski definition) is 4. The van der Waals surface area contributed by atoms with Crippen molar-refractivity contribution in [3.8, 4) is 5.75 Å². The molecule has 7 heteroatoms. The Bertz CT molecular complexity index is 695. The minimum Gasteiger partial charge on any atom is -0.492 e. The third-order valence-corrected chi connectivity index (χ3v) is 4.29. The molecule has 1 aromatic carbocycles. The highest BCUT2D eigenvalue weighted by molar-refractivity contribution is 7.89. The second-order valence-corrected chi connectivity index (χ2v) is 6.35. The highest BCUT2D eigenvalue weighted by Crippen LogP contribution is 2.12. The summed E-state index contributed by atoms with van der Waals surface area (Å²) >= 11 is 0. The lowest BCUT2D eigenvalue weighted by Crippen LogP contribution is -2.28. The molecule has 0 fully saturated rings. The lowest BCUT2D eigenvalue weighted by Gasteiger charge is -2.08. The zero-order valence-corrected chi connectivity index (χ0v) is 12.5. The summed E-state index contributed by atoms with van der Waals surface area (Å²) in [6.45, 7) is 2.13. The normalized spacial score (nSPS) is 11.5. The Kier molecular flexibility index (Phi) is 5.00. The van der Waals surface area contributed by atoms with Gasteiger partial charge in [-0.3, -0.25) is 0 Å². The van der Waals surface area contributed by atoms with E-state index in [0.717, 1.165) is 5.56 Å². The molecule has 0 bridgehead atoms. The summed E-state index contributed by atoms with van der Waals surface area (Å²) in [4.78, 5) is 2.78. The number of hydrogen-bond donors (Lipinski definition) is 3. The van der Waals surface area contributed by atoms with Crippen LogP contribution in [0.1, 0.15) is 11.3 Å². The van der Waals surface area contributed by atoms with Crippen LogP contribution < -0.4 is 9.46 Å². The van der Waals surface area contributed by atoms with Gasteiger partial charge in [0.05, 0.1) is 11.5 Å². The molecule has 0 saturated carbocycles. The topological polar surface area (TPSA) is 91.4 Å². The molecule has 0 aliphatic rings. The number of aryl methyl sites for hydroxylation is 1. The molecular weight excluding hydrogens is 292 g/mol. The van der Waals surface area contributed by atoms with Gasteiger partial charge in [0.15, 0.2) is 0 Å². The number of aromatic amines is 1. The fourth-order valence-electron chi connectivity index (χ4n) is 1.80. The summed E-state index contributed by atoms with van der Waals surface area (Å²) in [6.07, 6.45) is 1.34. The molecule has 2 rings (SSSR count). The van der Waals surface area contributed by atoms with Gasteiger partial charge in [-0.2, -0.15) is 0 Å². The zero-order chi connectivity index (χ0) is 15.3. The van der Waals surface area contributed by atoms with E-state index >= 15 is 0 Å². The molecule has 0 radical (unpaired) electrons. The Morgan fingerprint density at radius 3 is 2.81 bits per heavy atom. The molecule has 2 aromatic rings. The largest absolute Gasteiger partial charge is 0.492 e. The van der Waals surface area contributed by atoms with Crippen LogP contribution in [0.5, 0.6) is 5.75 Å². The molecule has 3 N–H and O–H groups in total. The van der Waals surface area contributed by atoms with Crippen molar-refractivity contribution in [3.63, 3.8) is 0 Å². The Morgan fingerprint density at radius 2 is 2.14 bits per heavy atom. The van der Waals surface area contributed by atoms with E-state index in [9.17, 15) is 8.42 Å². The van der Waals surface area contributed by atoms with Crippen LogP contribution in [0.25, 0.3) is 0 Å². The van der Waals surface area contributed by atoms with Crippen molar-refractivity contribution >= 4 is 10.0 Å². The molecule has 1 aromatic heterocycles. The maximum absolute atomic E-state index is 12.0. The predicted molar refractivity (Wildman–Crippen MR) is 78.6 cm³/mol. The number of rotatable bonds is 7. The smallest absolute Gasteiger partial charge is 0.242 e. The van der Waals surface area contributed by atoms with Crippen LogP contribution in [-0.4, -0.2) is 31.7 Å². The van der Waals surface area contributed by atoms with Gasteiger partial charge in [0, 0.05) is 18.4 Å². The van der Waals surface area contributed by atoms with E-state index in [1.807, 2.05) is 31.2 Å². The Labute approximate surface area is 123 Å². The van der Waals surface area contributed by atoms with Crippen molar-refractivity contribution in [3.05, 3.63) is 47.8 Å². The van der Waals surface area contributed by atoms with Crippen LogP contribution in [0.3, 0.4) is 0 Å². The number of H-pyrrole nitrogens is 1. The van der Waals surface area contributed by atoms with Gasteiger partial charge in [0.2, 0.25) is 10.0 Å². The Hall–Kier alpha value is -1.83. The van der Waals surface area contributed by atoms with E-state index in [-0.39, 0.29) is 24.7 Å². The maximum atomic E-state index is 12.0. The van der Waals surface area contributed by atoms with Gasteiger partial charge in [0.25, 0.3) is 0 Å². The Morgan fingerprint density at radius 1 is 1.33 bits per heavy atom. The summed E-state index contributed by atoms with van der Waals surface area (Å²) in [7, 11) is -3.58. The summed E-state index contributed by atoms with van der Waals surface area (Å²) in [5.74, 6) is 0.707. The van der Waals surface area contributed by atoms with Crippen molar-refractivity contribution < 1.29 is 18.3 Å². The fourth-order valence-corrected chi connectivity index (χ4v) is 2.83. The summed E-state index contributed by atoms with van der Waals surface area (Å²) < 4.78 is 31.8. The number of nitrogens with one attached hydrogen (secondary N) is 2. The van der Waals surface area contributed by atoms with Crippen molar-refractivity contribution in [2.24, 2.45) is 0 Å². The molecule has 1 heterocycles. The molecule has 0 aliphatic carbocycles. The van der Waals surface area contributed by atoms with E-state index < -0.39 is 10.0 Å². The number of ether oxygens (including phenoxy) is 1. The average Bonchev–Trinajstić information content (AvgIpc) is 2.93. The van der Waals surface area contributed by atoms with Crippen LogP contribution in [0.4, 0.5) is 0 Å². The van der Waals surface area contributed by atoms with Crippen molar-refractivity contribution in [2.75, 3.05) is 13.2 Å². The molecule has 21 heavy (non-hydrogen) atoms. The highest BCUT2D eigenvalue weighted by Gasteiger charge is 2.15. The quantitative estimate of drug-likeness (QED) is 0.670. The lowest BCUT2D eigenvalue weighted by molar-refractivity contribution is 0.277. The number of aliphatic hydroxyl groups is 1. The third kappa shape index (κ3) is 4.32. The number of sulfonamides is 1. The highest BCUT2D eigenvalue weighted by atomic mass is 32.2. The van der Waals surface area contributed by atoms with Crippen LogP contribution >= 0.6 is 0 Å². The van der Waals surface area contributed by atoms with E-state index in [2.05, 4.69) is 9.71 Å². The molecule has 0 aliphatic heterocycles. The van der Waals surface area contributed by atoms with Gasteiger partial charge in [-0.15, -0.1) is 0 Å². The van der Waals surface area contributed by atoms with Gasteiger partial charge >= 0.3 is 0 Å². The van der Waals surface area contributed by atoms with E-state index in [4.69, 9.17) is 9.84 Å². The molecule has 0 amide bonds. The SMILES string of the molecule is Cc1cccc(OCCNS(=O)(=O)c2c[nH]c(CO)c2)c1. The number of benzene rings is 1. The molecule has 6 nitrogen and oxygen atoms in total. The standard InChI is InChI=1S/C14H18N2O4S/c1-11-3-2-4-13(7-11)20-6-5-16-21(18,19)14-8-12(10-17)15-9-14/h2-4,7-9,15-17H,5-6,10H2,1H3. The van der Waals surface area contributed by atoms with Crippen molar-refractivity contribution in [1.82, 2.24) is 9.71 Å². The van der Waals surface area contributed by atoms with Gasteiger partial charge in [-0.25, -0.2) is 13.1 Å². The molecule has 0 spiro atoms. The minimum atomic E-state index is -3.58. The number of aliphatic hydroxyl groups excluding tert-OH is 1. The van der Waals surface area contributed by atoms with Crippen LogP contribution in [-0.2, 0) is 16.6 Å². The van der Waals surface area contributed by atoms with Crippen LogP contribution in [0.2, 0.25) is 0 Å². The first-order valence-corrected chi connectivity index (χ1v) is 7.97. The third-order valence-electron chi connectivity index (χ3n) is 2.85. The summed E-state index contributed by atoms with van der Waals surface area (Å²) in [5, 5.41) is 8.91. The first-order valence-electron chi connectivity index (χ1n) is 6.48. The minimum absolute atomic E-state index is 0.0992. The molecule has 114 valence electrons. The van der Waals surface area contributed by atoms with E-state index in [1.54, 1.807) is 0 Å². The predicted octanol–water partition coefficient (Wildman–Crippen LogP) is 1.17. The van der Waals surface area contributed by atoms with Crippen LogP contribution in [0, 0.1) is 6.92 Å². The van der Waals surface area contributed by atoms with Crippen LogP contribution in [0.15, 0.2) is 41.4 Å². The number of aromatic nitrogens is 1. The molecule has 0 atom stereocenters. The zero-order valence-electron chi connectivity index (χ0n) is 11.7. The molecular formula is C14H18N2O4S. The molecule has 0 saturated heterocycles. The first kappa shape index (κ1) is 15.6. The lowest BCUT2D eigenvalue weighted by atomic mass is 10.2. The average molecular weight is 310 g/mol. The van der Waals surface area contributed by atoms with Gasteiger partial charge in [-0.1, -0.05) is 12.1 Å². The van der Waals surface area contributed by atoms with Crippen molar-refractivity contribution in [1.29, 1.82) is 0 Å². The van der Waals surface area contributed by atoms with E-state index in [0.29, 0.717) is 11.4 Å². The molecule has 0 unspecified atom stereocenters. The Balaban J connectivity index is 1.85. The van der Waals surface area contributed by atoms with E-state index in [1.165, 1.54) is 12.3 Å². The fraction of sp³-hybridized carbons (Fsp3) is 0.286. The van der Waals surface area contributed by atoms with Crippen molar-refractivity contribution in [2.45, 2.75) is 18.4 Å². The van der Waals surface area contributed by atoms with Gasteiger partial charge in [0.1, 0.15) is 12.4 Å². The van der Waals surface area contributed by atoms with Gasteiger partial charge in [-0.05, 0) is 30.7 Å². The second-order valence-electron chi connectivity index (χ2n) is 4.58. The monoisotopic (exact) mass is 310 g/mol. The van der Waals surface area contributed by atoms with Gasteiger partial charge < -0.3 is 14.8 Å². The second kappa shape index (κ2) is 6.75. The first-order chi connectivity index (χ1) is 10.0.